The molecule has 5 nitrogen and oxygen atoms in total. The van der Waals surface area contributed by atoms with Crippen molar-refractivity contribution in [3.63, 3.8) is 0 Å². The summed E-state index contributed by atoms with van der Waals surface area (Å²) < 4.78 is 5.72. The van der Waals surface area contributed by atoms with Gasteiger partial charge in [-0.25, -0.2) is 4.90 Å². The molecule has 0 radical (unpaired) electrons. The highest BCUT2D eigenvalue weighted by atomic mass is 16.5. The molecule has 0 aliphatic carbocycles. The van der Waals surface area contributed by atoms with Crippen LogP contribution in [-0.4, -0.2) is 25.0 Å². The summed E-state index contributed by atoms with van der Waals surface area (Å²) in [6.45, 7) is 5.44. The number of para-hydroxylation sites is 1. The lowest BCUT2D eigenvalue weighted by atomic mass is 10.0. The SMILES string of the molecule is CCCOc1ccc(C2=C(N3CCc4ccccc43)C(=O)N(c3ccc(CC)cc3)C2=O)cc1. The van der Waals surface area contributed by atoms with Gasteiger partial charge >= 0.3 is 0 Å². The second-order valence-corrected chi connectivity index (χ2v) is 8.59. The molecule has 0 unspecified atom stereocenters. The number of aryl methyl sites for hydroxylation is 1. The molecule has 172 valence electrons. The second-order valence-electron chi connectivity index (χ2n) is 8.59. The van der Waals surface area contributed by atoms with E-state index in [-0.39, 0.29) is 11.8 Å². The zero-order chi connectivity index (χ0) is 23.7. The molecule has 2 heterocycles. The molecule has 0 spiro atoms. The van der Waals surface area contributed by atoms with Crippen LogP contribution in [0.5, 0.6) is 5.75 Å². The number of rotatable bonds is 7. The van der Waals surface area contributed by atoms with Gasteiger partial charge in [-0.1, -0.05) is 56.3 Å². The van der Waals surface area contributed by atoms with Crippen LogP contribution in [0, 0.1) is 0 Å². The molecular formula is C29H28N2O3. The normalized spacial score (nSPS) is 15.4. The van der Waals surface area contributed by atoms with Gasteiger partial charge in [-0.15, -0.1) is 0 Å². The minimum absolute atomic E-state index is 0.285. The van der Waals surface area contributed by atoms with E-state index in [1.165, 1.54) is 10.5 Å². The van der Waals surface area contributed by atoms with Crippen LogP contribution in [0.3, 0.4) is 0 Å². The summed E-state index contributed by atoms with van der Waals surface area (Å²) >= 11 is 0. The molecular weight excluding hydrogens is 424 g/mol. The molecule has 0 aromatic heterocycles. The van der Waals surface area contributed by atoms with E-state index in [1.54, 1.807) is 0 Å². The van der Waals surface area contributed by atoms with Gasteiger partial charge in [-0.2, -0.15) is 0 Å². The third-order valence-corrected chi connectivity index (χ3v) is 6.44. The summed E-state index contributed by atoms with van der Waals surface area (Å²) in [5.41, 5.74) is 5.52. The number of ether oxygens (including phenoxy) is 1. The number of imide groups is 1. The smallest absolute Gasteiger partial charge is 0.282 e. The van der Waals surface area contributed by atoms with E-state index in [4.69, 9.17) is 4.74 Å². The first-order valence-corrected chi connectivity index (χ1v) is 11.9. The molecule has 0 bridgehead atoms. The van der Waals surface area contributed by atoms with Crippen molar-refractivity contribution in [2.75, 3.05) is 23.0 Å². The Bertz CT molecular complexity index is 1260. The number of nitrogens with zero attached hydrogens (tertiary/aromatic N) is 2. The summed E-state index contributed by atoms with van der Waals surface area (Å²) in [4.78, 5) is 31.0. The number of carbonyl (C=O) groups is 2. The number of fused-ring (bicyclic) bond motifs is 1. The summed E-state index contributed by atoms with van der Waals surface area (Å²) in [6.07, 6.45) is 2.65. The van der Waals surface area contributed by atoms with Gasteiger partial charge in [0, 0.05) is 12.2 Å². The van der Waals surface area contributed by atoms with Gasteiger partial charge in [-0.05, 0) is 66.3 Å². The van der Waals surface area contributed by atoms with Crippen molar-refractivity contribution in [1.82, 2.24) is 0 Å². The molecule has 34 heavy (non-hydrogen) atoms. The van der Waals surface area contributed by atoms with Crippen molar-refractivity contribution < 1.29 is 14.3 Å². The predicted octanol–water partition coefficient (Wildman–Crippen LogP) is 5.39. The molecule has 2 aliphatic heterocycles. The van der Waals surface area contributed by atoms with E-state index in [9.17, 15) is 9.59 Å². The minimum atomic E-state index is -0.296. The lowest BCUT2D eigenvalue weighted by Gasteiger charge is -2.22. The summed E-state index contributed by atoms with van der Waals surface area (Å²) in [7, 11) is 0. The van der Waals surface area contributed by atoms with Crippen molar-refractivity contribution in [1.29, 1.82) is 0 Å². The molecule has 0 saturated heterocycles. The van der Waals surface area contributed by atoms with Gasteiger partial charge in [0.25, 0.3) is 11.8 Å². The minimum Gasteiger partial charge on any atom is -0.494 e. The quantitative estimate of drug-likeness (QED) is 0.451. The first-order valence-electron chi connectivity index (χ1n) is 11.9. The lowest BCUT2D eigenvalue weighted by Crippen LogP contribution is -2.34. The van der Waals surface area contributed by atoms with Crippen molar-refractivity contribution in [2.24, 2.45) is 0 Å². The second kappa shape index (κ2) is 9.18. The highest BCUT2D eigenvalue weighted by molar-refractivity contribution is 6.46. The molecule has 2 aliphatic rings. The van der Waals surface area contributed by atoms with E-state index < -0.39 is 0 Å². The number of benzene rings is 3. The number of hydrogen-bond donors (Lipinski definition) is 0. The predicted molar refractivity (Wildman–Crippen MR) is 135 cm³/mol. The van der Waals surface area contributed by atoms with Crippen LogP contribution in [-0.2, 0) is 22.4 Å². The Labute approximate surface area is 200 Å². The summed E-state index contributed by atoms with van der Waals surface area (Å²) in [5, 5.41) is 0. The van der Waals surface area contributed by atoms with Crippen LogP contribution in [0.15, 0.2) is 78.5 Å². The van der Waals surface area contributed by atoms with Crippen LogP contribution >= 0.6 is 0 Å². The summed E-state index contributed by atoms with van der Waals surface area (Å²) in [5.74, 6) is 0.172. The van der Waals surface area contributed by atoms with Crippen LogP contribution in [0.25, 0.3) is 5.57 Å². The Morgan fingerprint density at radius 1 is 0.853 bits per heavy atom. The molecule has 0 N–H and O–H groups in total. The highest BCUT2D eigenvalue weighted by Crippen LogP contribution is 2.40. The summed E-state index contributed by atoms with van der Waals surface area (Å²) in [6, 6.07) is 23.2. The first-order chi connectivity index (χ1) is 16.6. The van der Waals surface area contributed by atoms with Crippen LogP contribution < -0.4 is 14.5 Å². The molecule has 5 heteroatoms. The Hall–Kier alpha value is -3.86. The Morgan fingerprint density at radius 3 is 2.29 bits per heavy atom. The largest absolute Gasteiger partial charge is 0.494 e. The molecule has 2 amide bonds. The highest BCUT2D eigenvalue weighted by Gasteiger charge is 2.44. The van der Waals surface area contributed by atoms with Gasteiger partial charge in [0.2, 0.25) is 0 Å². The van der Waals surface area contributed by atoms with E-state index in [1.807, 2.05) is 71.6 Å². The van der Waals surface area contributed by atoms with Crippen molar-refractivity contribution >= 4 is 28.8 Å². The number of anilines is 2. The van der Waals surface area contributed by atoms with Crippen molar-refractivity contribution in [2.45, 2.75) is 33.1 Å². The van der Waals surface area contributed by atoms with Crippen LogP contribution in [0.2, 0.25) is 0 Å². The maximum atomic E-state index is 13.8. The first kappa shape index (κ1) is 22.0. The Balaban J connectivity index is 1.60. The maximum Gasteiger partial charge on any atom is 0.282 e. The fourth-order valence-electron chi connectivity index (χ4n) is 4.65. The van der Waals surface area contributed by atoms with Gasteiger partial charge in [0.1, 0.15) is 11.4 Å². The average molecular weight is 453 g/mol. The van der Waals surface area contributed by atoms with E-state index in [0.717, 1.165) is 36.3 Å². The Morgan fingerprint density at radius 2 is 1.59 bits per heavy atom. The molecule has 0 fully saturated rings. The van der Waals surface area contributed by atoms with E-state index >= 15 is 0 Å². The fourth-order valence-corrected chi connectivity index (χ4v) is 4.65. The zero-order valence-corrected chi connectivity index (χ0v) is 19.6. The van der Waals surface area contributed by atoms with Gasteiger partial charge < -0.3 is 9.64 Å². The van der Waals surface area contributed by atoms with Gasteiger partial charge in [0.05, 0.1) is 17.9 Å². The number of carbonyl (C=O) groups excluding carboxylic acids is 2. The van der Waals surface area contributed by atoms with Crippen LogP contribution in [0.1, 0.15) is 37.0 Å². The monoisotopic (exact) mass is 452 g/mol. The third-order valence-electron chi connectivity index (χ3n) is 6.44. The number of amides is 2. The van der Waals surface area contributed by atoms with Gasteiger partial charge in [-0.3, -0.25) is 9.59 Å². The van der Waals surface area contributed by atoms with E-state index in [2.05, 4.69) is 19.9 Å². The van der Waals surface area contributed by atoms with E-state index in [0.29, 0.717) is 35.7 Å². The fraction of sp³-hybridized carbons (Fsp3) is 0.241. The molecule has 5 rings (SSSR count). The van der Waals surface area contributed by atoms with Crippen molar-refractivity contribution in [3.05, 3.63) is 95.2 Å². The zero-order valence-electron chi connectivity index (χ0n) is 19.6. The lowest BCUT2D eigenvalue weighted by molar-refractivity contribution is -0.120. The molecule has 0 saturated carbocycles. The van der Waals surface area contributed by atoms with Gasteiger partial charge in [0.15, 0.2) is 0 Å². The number of hydrogen-bond acceptors (Lipinski definition) is 4. The Kier molecular flexibility index (Phi) is 5.93. The van der Waals surface area contributed by atoms with Crippen molar-refractivity contribution in [3.8, 4) is 5.75 Å². The van der Waals surface area contributed by atoms with Crippen LogP contribution in [0.4, 0.5) is 11.4 Å². The maximum absolute atomic E-state index is 13.8. The topological polar surface area (TPSA) is 49.9 Å². The molecule has 3 aromatic carbocycles. The molecule has 3 aromatic rings. The standard InChI is InChI=1S/C29H28N2O3/c1-3-19-34-24-15-11-22(12-16-24)26-27(30-18-17-21-7-5-6-8-25(21)30)29(33)31(28(26)32)23-13-9-20(4-2)10-14-23/h5-16H,3-4,17-19H2,1-2H3. The average Bonchev–Trinajstić information content (AvgIpc) is 3.41. The molecule has 0 atom stereocenters. The third kappa shape index (κ3) is 3.77.